The third kappa shape index (κ3) is 3.45. The first-order chi connectivity index (χ1) is 11.7. The number of rotatable bonds is 5. The number of carbonyl (C=O) groups is 1. The highest BCUT2D eigenvalue weighted by atomic mass is 16.5. The second-order valence-electron chi connectivity index (χ2n) is 5.76. The van der Waals surface area contributed by atoms with Gasteiger partial charge in [-0.15, -0.1) is 0 Å². The number of nitrogens with zero attached hydrogens (tertiary/aromatic N) is 1. The maximum Gasteiger partial charge on any atom is 0.255 e. The fourth-order valence-electron chi connectivity index (χ4n) is 2.93. The van der Waals surface area contributed by atoms with Crippen LogP contribution in [-0.2, 0) is 0 Å². The SMILES string of the molecule is COc1ccc(OC)c(NC(=O)c2cccc(N3CCCC3)c2)c1. The Labute approximate surface area is 142 Å². The summed E-state index contributed by atoms with van der Waals surface area (Å²) < 4.78 is 10.5. The van der Waals surface area contributed by atoms with Crippen LogP contribution in [-0.4, -0.2) is 33.2 Å². The van der Waals surface area contributed by atoms with E-state index < -0.39 is 0 Å². The Morgan fingerprint density at radius 3 is 2.54 bits per heavy atom. The van der Waals surface area contributed by atoms with Crippen LogP contribution in [0.15, 0.2) is 42.5 Å². The summed E-state index contributed by atoms with van der Waals surface area (Å²) in [7, 11) is 3.17. The predicted octanol–water partition coefficient (Wildman–Crippen LogP) is 3.56. The Morgan fingerprint density at radius 1 is 1.04 bits per heavy atom. The molecule has 3 rings (SSSR count). The van der Waals surface area contributed by atoms with Gasteiger partial charge in [0.25, 0.3) is 5.91 Å². The largest absolute Gasteiger partial charge is 0.497 e. The normalized spacial score (nSPS) is 13.7. The minimum atomic E-state index is -0.164. The Kier molecular flexibility index (Phi) is 4.89. The molecule has 2 aromatic rings. The topological polar surface area (TPSA) is 50.8 Å². The molecule has 1 amide bonds. The lowest BCUT2D eigenvalue weighted by Gasteiger charge is -2.18. The number of carbonyl (C=O) groups excluding carboxylic acids is 1. The number of amides is 1. The van der Waals surface area contributed by atoms with Gasteiger partial charge >= 0.3 is 0 Å². The van der Waals surface area contributed by atoms with Crippen LogP contribution in [0.2, 0.25) is 0 Å². The van der Waals surface area contributed by atoms with Crippen LogP contribution < -0.4 is 19.7 Å². The quantitative estimate of drug-likeness (QED) is 0.913. The van der Waals surface area contributed by atoms with Gasteiger partial charge in [-0.25, -0.2) is 0 Å². The first-order valence-electron chi connectivity index (χ1n) is 8.09. The summed E-state index contributed by atoms with van der Waals surface area (Å²) in [5, 5.41) is 2.91. The van der Waals surface area contributed by atoms with E-state index in [-0.39, 0.29) is 5.91 Å². The van der Waals surface area contributed by atoms with Crippen LogP contribution >= 0.6 is 0 Å². The van der Waals surface area contributed by atoms with E-state index in [1.165, 1.54) is 12.8 Å². The first-order valence-corrected chi connectivity index (χ1v) is 8.09. The first kappa shape index (κ1) is 16.2. The minimum absolute atomic E-state index is 0.164. The monoisotopic (exact) mass is 326 g/mol. The molecule has 24 heavy (non-hydrogen) atoms. The van der Waals surface area contributed by atoms with Crippen molar-refractivity contribution in [3.8, 4) is 11.5 Å². The molecule has 1 fully saturated rings. The molecule has 1 aliphatic rings. The number of hydrogen-bond donors (Lipinski definition) is 1. The second kappa shape index (κ2) is 7.25. The lowest BCUT2D eigenvalue weighted by atomic mass is 10.1. The zero-order chi connectivity index (χ0) is 16.9. The van der Waals surface area contributed by atoms with E-state index in [4.69, 9.17) is 9.47 Å². The van der Waals surface area contributed by atoms with Crippen LogP contribution in [0.25, 0.3) is 0 Å². The van der Waals surface area contributed by atoms with Gasteiger partial charge in [-0.3, -0.25) is 4.79 Å². The molecule has 0 spiro atoms. The van der Waals surface area contributed by atoms with Crippen molar-refractivity contribution in [1.82, 2.24) is 0 Å². The van der Waals surface area contributed by atoms with Crippen LogP contribution in [0.5, 0.6) is 11.5 Å². The highest BCUT2D eigenvalue weighted by molar-refractivity contribution is 6.05. The molecule has 0 radical (unpaired) electrons. The number of methoxy groups -OCH3 is 2. The number of anilines is 2. The fourth-order valence-corrected chi connectivity index (χ4v) is 2.93. The molecule has 126 valence electrons. The van der Waals surface area contributed by atoms with Gasteiger partial charge < -0.3 is 19.7 Å². The van der Waals surface area contributed by atoms with Gasteiger partial charge in [-0.2, -0.15) is 0 Å². The van der Waals surface area contributed by atoms with Crippen LogP contribution in [0.1, 0.15) is 23.2 Å². The zero-order valence-electron chi connectivity index (χ0n) is 14.0. The summed E-state index contributed by atoms with van der Waals surface area (Å²) in [6.45, 7) is 2.10. The van der Waals surface area contributed by atoms with Gasteiger partial charge in [0.1, 0.15) is 11.5 Å². The highest BCUT2D eigenvalue weighted by Crippen LogP contribution is 2.29. The molecule has 2 aromatic carbocycles. The van der Waals surface area contributed by atoms with Crippen LogP contribution in [0, 0.1) is 0 Å². The average Bonchev–Trinajstić information content (AvgIpc) is 3.16. The van der Waals surface area contributed by atoms with E-state index in [0.717, 1.165) is 18.8 Å². The van der Waals surface area contributed by atoms with E-state index in [2.05, 4.69) is 10.2 Å². The van der Waals surface area contributed by atoms with E-state index in [1.54, 1.807) is 32.4 Å². The van der Waals surface area contributed by atoms with Crippen LogP contribution in [0.3, 0.4) is 0 Å². The van der Waals surface area contributed by atoms with Crippen molar-refractivity contribution in [3.63, 3.8) is 0 Å². The molecule has 1 heterocycles. The third-order valence-corrected chi connectivity index (χ3v) is 4.23. The molecule has 1 N–H and O–H groups in total. The molecule has 0 saturated carbocycles. The summed E-state index contributed by atoms with van der Waals surface area (Å²) in [6.07, 6.45) is 2.41. The maximum absolute atomic E-state index is 12.6. The lowest BCUT2D eigenvalue weighted by Crippen LogP contribution is -2.19. The lowest BCUT2D eigenvalue weighted by molar-refractivity contribution is 0.102. The van der Waals surface area contributed by atoms with Crippen LogP contribution in [0.4, 0.5) is 11.4 Å². The second-order valence-corrected chi connectivity index (χ2v) is 5.76. The van der Waals surface area contributed by atoms with Gasteiger partial charge in [-0.1, -0.05) is 6.07 Å². The molecule has 1 saturated heterocycles. The Balaban J connectivity index is 1.81. The molecule has 1 aliphatic heterocycles. The Bertz CT molecular complexity index is 724. The van der Waals surface area contributed by atoms with Gasteiger partial charge in [0.05, 0.1) is 19.9 Å². The smallest absolute Gasteiger partial charge is 0.255 e. The van der Waals surface area contributed by atoms with E-state index >= 15 is 0 Å². The van der Waals surface area contributed by atoms with E-state index in [9.17, 15) is 4.79 Å². The molecule has 0 unspecified atom stereocenters. The van der Waals surface area contributed by atoms with E-state index in [1.807, 2.05) is 24.3 Å². The molecular formula is C19H22N2O3. The molecule has 0 aliphatic carbocycles. The van der Waals surface area contributed by atoms with Crippen molar-refractivity contribution in [2.75, 3.05) is 37.5 Å². The predicted molar refractivity (Wildman–Crippen MR) is 95.4 cm³/mol. The van der Waals surface area contributed by atoms with Crippen molar-refractivity contribution in [2.45, 2.75) is 12.8 Å². The summed E-state index contributed by atoms with van der Waals surface area (Å²) in [4.78, 5) is 14.9. The molecular weight excluding hydrogens is 304 g/mol. The molecule has 0 bridgehead atoms. The summed E-state index contributed by atoms with van der Waals surface area (Å²) in [6, 6.07) is 13.0. The summed E-state index contributed by atoms with van der Waals surface area (Å²) in [5.41, 5.74) is 2.32. The van der Waals surface area contributed by atoms with Gasteiger partial charge in [-0.05, 0) is 43.2 Å². The van der Waals surface area contributed by atoms with E-state index in [0.29, 0.717) is 22.7 Å². The number of benzene rings is 2. The zero-order valence-corrected chi connectivity index (χ0v) is 14.0. The molecule has 0 aromatic heterocycles. The fraction of sp³-hybridized carbons (Fsp3) is 0.316. The minimum Gasteiger partial charge on any atom is -0.497 e. The Morgan fingerprint density at radius 2 is 1.83 bits per heavy atom. The molecule has 5 nitrogen and oxygen atoms in total. The van der Waals surface area contributed by atoms with Gasteiger partial charge in [0.15, 0.2) is 0 Å². The summed E-state index contributed by atoms with van der Waals surface area (Å²) in [5.74, 6) is 1.10. The number of hydrogen-bond acceptors (Lipinski definition) is 4. The van der Waals surface area contributed by atoms with Gasteiger partial charge in [0.2, 0.25) is 0 Å². The molecule has 0 atom stereocenters. The third-order valence-electron chi connectivity index (χ3n) is 4.23. The molecule has 5 heteroatoms. The van der Waals surface area contributed by atoms with Crippen molar-refractivity contribution in [2.24, 2.45) is 0 Å². The number of nitrogens with one attached hydrogen (secondary N) is 1. The standard InChI is InChI=1S/C19H22N2O3/c1-23-16-8-9-18(24-2)17(13-16)20-19(22)14-6-5-7-15(12-14)21-10-3-4-11-21/h5-9,12-13H,3-4,10-11H2,1-2H3,(H,20,22). The highest BCUT2D eigenvalue weighted by Gasteiger charge is 2.15. The van der Waals surface area contributed by atoms with Crippen molar-refractivity contribution in [1.29, 1.82) is 0 Å². The van der Waals surface area contributed by atoms with Gasteiger partial charge in [0, 0.05) is 30.4 Å². The van der Waals surface area contributed by atoms with Crippen molar-refractivity contribution >= 4 is 17.3 Å². The Hall–Kier alpha value is -2.69. The van der Waals surface area contributed by atoms with Crippen molar-refractivity contribution in [3.05, 3.63) is 48.0 Å². The maximum atomic E-state index is 12.6. The number of ether oxygens (including phenoxy) is 2. The van der Waals surface area contributed by atoms with Crippen molar-refractivity contribution < 1.29 is 14.3 Å². The average molecular weight is 326 g/mol. The summed E-state index contributed by atoms with van der Waals surface area (Å²) >= 11 is 0.